The van der Waals surface area contributed by atoms with Crippen molar-refractivity contribution >= 4 is 33.4 Å². The molecule has 0 saturated carbocycles. The summed E-state index contributed by atoms with van der Waals surface area (Å²) in [7, 11) is 1.64. The Morgan fingerprint density at radius 1 is 1.17 bits per heavy atom. The van der Waals surface area contributed by atoms with Gasteiger partial charge in [-0.3, -0.25) is 9.59 Å². The number of carbonyl (C=O) groups excluding carboxylic acids is 2. The number of aromatic nitrogens is 1. The lowest BCUT2D eigenvalue weighted by Crippen LogP contribution is -2.46. The maximum Gasteiger partial charge on any atom is 0.274 e. The summed E-state index contributed by atoms with van der Waals surface area (Å²) < 4.78 is 12.3. The Bertz CT molecular complexity index is 1030. The molecule has 0 bridgehead atoms. The molecule has 2 amide bonds. The number of nitrogens with one attached hydrogen (secondary N) is 1. The molecule has 1 aliphatic heterocycles. The van der Waals surface area contributed by atoms with Crippen LogP contribution in [0.2, 0.25) is 0 Å². The van der Waals surface area contributed by atoms with Gasteiger partial charge in [0.05, 0.1) is 23.9 Å². The van der Waals surface area contributed by atoms with Crippen LogP contribution in [0.25, 0.3) is 10.2 Å². The van der Waals surface area contributed by atoms with Crippen molar-refractivity contribution in [3.05, 3.63) is 54.1 Å². The van der Waals surface area contributed by atoms with Crippen LogP contribution in [0.5, 0.6) is 10.9 Å². The van der Waals surface area contributed by atoms with E-state index in [1.807, 2.05) is 24.3 Å². The Hall–Kier alpha value is -3.13. The maximum absolute atomic E-state index is 12.4. The van der Waals surface area contributed by atoms with Gasteiger partial charge in [0.2, 0.25) is 5.91 Å². The van der Waals surface area contributed by atoms with Crippen molar-refractivity contribution in [2.24, 2.45) is 0 Å². The van der Waals surface area contributed by atoms with Gasteiger partial charge in [0.15, 0.2) is 0 Å². The molecule has 156 valence electrons. The van der Waals surface area contributed by atoms with E-state index < -0.39 is 0 Å². The first-order valence-electron chi connectivity index (χ1n) is 9.84. The highest BCUT2D eigenvalue weighted by molar-refractivity contribution is 7.20. The predicted molar refractivity (Wildman–Crippen MR) is 115 cm³/mol. The molecule has 1 aromatic heterocycles. The minimum atomic E-state index is -0.241. The van der Waals surface area contributed by atoms with Gasteiger partial charge in [-0.05, 0) is 30.3 Å². The van der Waals surface area contributed by atoms with Gasteiger partial charge in [-0.25, -0.2) is 4.98 Å². The largest absolute Gasteiger partial charge is 0.497 e. The fraction of sp³-hybridized carbons (Fsp3) is 0.318. The smallest absolute Gasteiger partial charge is 0.274 e. The molecular formula is C22H23N3O4S. The fourth-order valence-electron chi connectivity index (χ4n) is 3.39. The lowest BCUT2D eigenvalue weighted by Gasteiger charge is -2.31. The third-order valence-electron chi connectivity index (χ3n) is 5.07. The lowest BCUT2D eigenvalue weighted by atomic mass is 10.1. The summed E-state index contributed by atoms with van der Waals surface area (Å²) in [5.74, 6) is 0.475. The molecule has 2 aromatic carbocycles. The number of hydrogen-bond donors (Lipinski definition) is 1. The van der Waals surface area contributed by atoms with E-state index in [1.165, 1.54) is 11.3 Å². The molecule has 0 aliphatic carbocycles. The summed E-state index contributed by atoms with van der Waals surface area (Å²) in [5.41, 5.74) is 1.43. The zero-order chi connectivity index (χ0) is 20.9. The van der Waals surface area contributed by atoms with E-state index >= 15 is 0 Å². The average Bonchev–Trinajstić information content (AvgIpc) is 3.19. The van der Waals surface area contributed by atoms with Crippen LogP contribution >= 0.6 is 11.3 Å². The maximum atomic E-state index is 12.4. The molecule has 1 aliphatic rings. The molecule has 0 atom stereocenters. The Balaban J connectivity index is 1.25. The Morgan fingerprint density at radius 2 is 1.93 bits per heavy atom. The number of methoxy groups -OCH3 is 1. The lowest BCUT2D eigenvalue weighted by molar-refractivity contribution is -0.131. The third-order valence-corrected chi connectivity index (χ3v) is 5.98. The van der Waals surface area contributed by atoms with E-state index in [0.717, 1.165) is 28.8 Å². The van der Waals surface area contributed by atoms with Crippen molar-refractivity contribution in [1.29, 1.82) is 0 Å². The van der Waals surface area contributed by atoms with Crippen LogP contribution in [0.1, 0.15) is 23.2 Å². The first-order valence-corrected chi connectivity index (χ1v) is 10.7. The van der Waals surface area contributed by atoms with E-state index in [1.54, 1.807) is 36.3 Å². The van der Waals surface area contributed by atoms with E-state index in [9.17, 15) is 9.59 Å². The molecule has 1 saturated heterocycles. The van der Waals surface area contributed by atoms with E-state index in [-0.39, 0.29) is 24.5 Å². The molecule has 1 fully saturated rings. The van der Waals surface area contributed by atoms with E-state index in [2.05, 4.69) is 10.3 Å². The highest BCUT2D eigenvalue weighted by atomic mass is 32.1. The first kappa shape index (κ1) is 20.2. The molecule has 7 nitrogen and oxygen atoms in total. The summed E-state index contributed by atoms with van der Waals surface area (Å²) in [4.78, 5) is 30.8. The normalized spacial score (nSPS) is 14.5. The van der Waals surface area contributed by atoms with Crippen LogP contribution in [-0.2, 0) is 4.79 Å². The summed E-state index contributed by atoms with van der Waals surface area (Å²) in [5, 5.41) is 3.33. The second-order valence-electron chi connectivity index (χ2n) is 7.06. The Labute approximate surface area is 178 Å². The third kappa shape index (κ3) is 4.71. The van der Waals surface area contributed by atoms with Gasteiger partial charge in [0.25, 0.3) is 11.1 Å². The predicted octanol–water partition coefficient (Wildman–Crippen LogP) is 3.10. The van der Waals surface area contributed by atoms with Crippen LogP contribution in [0.15, 0.2) is 48.5 Å². The van der Waals surface area contributed by atoms with Gasteiger partial charge in [-0.2, -0.15) is 0 Å². The van der Waals surface area contributed by atoms with Crippen LogP contribution in [-0.4, -0.2) is 54.5 Å². The summed E-state index contributed by atoms with van der Waals surface area (Å²) >= 11 is 1.50. The first-order chi connectivity index (χ1) is 14.6. The topological polar surface area (TPSA) is 80.8 Å². The summed E-state index contributed by atoms with van der Waals surface area (Å²) in [6.07, 6.45) is 1.49. The Morgan fingerprint density at radius 3 is 2.67 bits per heavy atom. The van der Waals surface area contributed by atoms with Crippen molar-refractivity contribution in [2.75, 3.05) is 26.7 Å². The van der Waals surface area contributed by atoms with Crippen molar-refractivity contribution in [3.63, 3.8) is 0 Å². The second-order valence-corrected chi connectivity index (χ2v) is 8.05. The van der Waals surface area contributed by atoms with Crippen LogP contribution in [0.3, 0.4) is 0 Å². The number of likely N-dealkylation sites (tertiary alicyclic amines) is 1. The minimum Gasteiger partial charge on any atom is -0.497 e. The number of ether oxygens (including phenoxy) is 2. The Kier molecular flexibility index (Phi) is 6.13. The minimum absolute atomic E-state index is 0.00104. The quantitative estimate of drug-likeness (QED) is 0.656. The van der Waals surface area contributed by atoms with Gasteiger partial charge in [0, 0.05) is 31.5 Å². The molecule has 1 N–H and O–H groups in total. The molecule has 0 unspecified atom stereocenters. The fourth-order valence-corrected chi connectivity index (χ4v) is 4.30. The number of thiazole rings is 1. The van der Waals surface area contributed by atoms with Crippen molar-refractivity contribution in [1.82, 2.24) is 15.2 Å². The number of amides is 2. The van der Waals surface area contributed by atoms with Crippen LogP contribution < -0.4 is 14.8 Å². The molecule has 30 heavy (non-hydrogen) atoms. The number of hydrogen-bond acceptors (Lipinski definition) is 6. The van der Waals surface area contributed by atoms with E-state index in [0.29, 0.717) is 23.8 Å². The molecule has 3 aromatic rings. The monoisotopic (exact) mass is 425 g/mol. The van der Waals surface area contributed by atoms with Gasteiger partial charge in [-0.15, -0.1) is 0 Å². The van der Waals surface area contributed by atoms with Crippen molar-refractivity contribution in [2.45, 2.75) is 18.9 Å². The molecular weight excluding hydrogens is 402 g/mol. The zero-order valence-corrected chi connectivity index (χ0v) is 17.5. The molecule has 0 spiro atoms. The standard InChI is InChI=1S/C22H23N3O4S/c1-28-17-7-8-18-19(13-17)30-22(24-18)29-16-9-11-25(12-10-16)20(26)14-23-21(27)15-5-3-2-4-6-15/h2-8,13,16H,9-12,14H2,1H3,(H,23,27). The highest BCUT2D eigenvalue weighted by Crippen LogP contribution is 2.32. The number of benzene rings is 2. The van der Waals surface area contributed by atoms with Crippen molar-refractivity contribution in [3.8, 4) is 10.9 Å². The highest BCUT2D eigenvalue weighted by Gasteiger charge is 2.25. The van der Waals surface area contributed by atoms with E-state index in [4.69, 9.17) is 9.47 Å². The second kappa shape index (κ2) is 9.13. The number of nitrogens with zero attached hydrogens (tertiary/aromatic N) is 2. The SMILES string of the molecule is COc1ccc2nc(OC3CCN(C(=O)CNC(=O)c4ccccc4)CC3)sc2c1. The van der Waals surface area contributed by atoms with Gasteiger partial charge in [0.1, 0.15) is 11.9 Å². The van der Waals surface area contributed by atoms with Gasteiger partial charge < -0.3 is 19.7 Å². The number of rotatable bonds is 6. The molecule has 2 heterocycles. The number of carbonyl (C=O) groups is 2. The number of fused-ring (bicyclic) bond motifs is 1. The van der Waals surface area contributed by atoms with Crippen molar-refractivity contribution < 1.29 is 19.1 Å². The van der Waals surface area contributed by atoms with Gasteiger partial charge in [-0.1, -0.05) is 29.5 Å². The summed E-state index contributed by atoms with van der Waals surface area (Å²) in [6.45, 7) is 1.20. The van der Waals surface area contributed by atoms with Gasteiger partial charge >= 0.3 is 0 Å². The average molecular weight is 426 g/mol. The number of piperidine rings is 1. The molecule has 8 heteroatoms. The van der Waals surface area contributed by atoms with Crippen LogP contribution in [0, 0.1) is 0 Å². The summed E-state index contributed by atoms with van der Waals surface area (Å²) in [6, 6.07) is 14.6. The molecule has 0 radical (unpaired) electrons. The van der Waals surface area contributed by atoms with Crippen LogP contribution in [0.4, 0.5) is 0 Å². The molecule has 4 rings (SSSR count). The zero-order valence-electron chi connectivity index (χ0n) is 16.7.